The van der Waals surface area contributed by atoms with Crippen LogP contribution in [0, 0.1) is 0 Å². The molecule has 0 aliphatic heterocycles. The van der Waals surface area contributed by atoms with E-state index in [1.165, 1.54) is 10.5 Å². The van der Waals surface area contributed by atoms with Crippen molar-refractivity contribution in [3.63, 3.8) is 0 Å². The van der Waals surface area contributed by atoms with Crippen molar-refractivity contribution in [2.75, 3.05) is 6.61 Å². The number of aliphatic hydroxyl groups is 1. The van der Waals surface area contributed by atoms with Gasteiger partial charge in [-0.1, -0.05) is 39.8 Å². The van der Waals surface area contributed by atoms with Gasteiger partial charge >= 0.3 is 0 Å². The first-order valence-electron chi connectivity index (χ1n) is 5.85. The fourth-order valence-corrected chi connectivity index (χ4v) is 2.39. The molecule has 0 bridgehead atoms. The predicted octanol–water partition coefficient (Wildman–Crippen LogP) is 3.85. The summed E-state index contributed by atoms with van der Waals surface area (Å²) in [6.45, 7) is 9.02. The molecule has 1 aromatic rings. The fourth-order valence-electron chi connectivity index (χ4n) is 1.48. The van der Waals surface area contributed by atoms with E-state index in [1.54, 1.807) is 11.8 Å². The second kappa shape index (κ2) is 5.74. The third-order valence-corrected chi connectivity index (χ3v) is 4.04. The van der Waals surface area contributed by atoms with E-state index in [9.17, 15) is 0 Å². The van der Waals surface area contributed by atoms with E-state index in [0.29, 0.717) is 5.25 Å². The van der Waals surface area contributed by atoms with Crippen LogP contribution in [0.25, 0.3) is 0 Å². The summed E-state index contributed by atoms with van der Waals surface area (Å²) in [5.41, 5.74) is 1.57. The highest BCUT2D eigenvalue weighted by atomic mass is 32.2. The van der Waals surface area contributed by atoms with Crippen molar-refractivity contribution < 1.29 is 5.11 Å². The first-order valence-corrected chi connectivity index (χ1v) is 6.73. The molecule has 1 nitrogen and oxygen atoms in total. The van der Waals surface area contributed by atoms with Crippen molar-refractivity contribution in [2.45, 2.75) is 49.7 Å². The van der Waals surface area contributed by atoms with Crippen LogP contribution < -0.4 is 0 Å². The predicted molar refractivity (Wildman–Crippen MR) is 72.2 cm³/mol. The maximum Gasteiger partial charge on any atom is 0.0553 e. The lowest BCUT2D eigenvalue weighted by atomic mass is 9.87. The van der Waals surface area contributed by atoms with Gasteiger partial charge < -0.3 is 5.11 Å². The van der Waals surface area contributed by atoms with Crippen LogP contribution >= 0.6 is 11.8 Å². The van der Waals surface area contributed by atoms with Crippen molar-refractivity contribution in [1.82, 2.24) is 0 Å². The van der Waals surface area contributed by atoms with Crippen LogP contribution in [0.3, 0.4) is 0 Å². The average molecular weight is 238 g/mol. The number of hydrogen-bond donors (Lipinski definition) is 1. The topological polar surface area (TPSA) is 20.2 Å². The molecule has 0 amide bonds. The third kappa shape index (κ3) is 3.84. The van der Waals surface area contributed by atoms with Crippen molar-refractivity contribution >= 4 is 11.8 Å². The Kier molecular flexibility index (Phi) is 4.88. The van der Waals surface area contributed by atoms with Crippen LogP contribution in [0.5, 0.6) is 0 Å². The summed E-state index contributed by atoms with van der Waals surface area (Å²) in [7, 11) is 0. The van der Waals surface area contributed by atoms with E-state index >= 15 is 0 Å². The smallest absolute Gasteiger partial charge is 0.0553 e. The Bertz CT molecular complexity index is 307. The molecule has 0 saturated carbocycles. The summed E-state index contributed by atoms with van der Waals surface area (Å²) in [6, 6.07) is 8.69. The molecule has 0 aromatic heterocycles. The third-order valence-electron chi connectivity index (χ3n) is 2.68. The Morgan fingerprint density at radius 3 is 2.12 bits per heavy atom. The molecule has 1 unspecified atom stereocenters. The highest BCUT2D eigenvalue weighted by molar-refractivity contribution is 8.00. The largest absolute Gasteiger partial charge is 0.395 e. The molecule has 1 aromatic carbocycles. The van der Waals surface area contributed by atoms with E-state index in [1.807, 2.05) is 0 Å². The first kappa shape index (κ1) is 13.6. The van der Waals surface area contributed by atoms with Gasteiger partial charge in [0.2, 0.25) is 0 Å². The molecule has 0 heterocycles. The highest BCUT2D eigenvalue weighted by Crippen LogP contribution is 2.28. The van der Waals surface area contributed by atoms with Crippen LogP contribution in [0.15, 0.2) is 29.2 Å². The minimum absolute atomic E-state index is 0.213. The van der Waals surface area contributed by atoms with Gasteiger partial charge in [0.15, 0.2) is 0 Å². The SMILES string of the molecule is CCC(CO)Sc1ccc(C(C)(C)C)cc1. The molecule has 2 heteroatoms. The van der Waals surface area contributed by atoms with Crippen LogP contribution in [-0.4, -0.2) is 17.0 Å². The minimum atomic E-state index is 0.213. The molecule has 0 radical (unpaired) electrons. The van der Waals surface area contributed by atoms with Gasteiger partial charge in [-0.25, -0.2) is 0 Å². The van der Waals surface area contributed by atoms with E-state index in [4.69, 9.17) is 5.11 Å². The van der Waals surface area contributed by atoms with Crippen molar-refractivity contribution in [2.24, 2.45) is 0 Å². The molecule has 1 N–H and O–H groups in total. The van der Waals surface area contributed by atoms with Crippen LogP contribution in [0.1, 0.15) is 39.7 Å². The van der Waals surface area contributed by atoms with E-state index < -0.39 is 0 Å². The van der Waals surface area contributed by atoms with Crippen LogP contribution in [0.4, 0.5) is 0 Å². The summed E-state index contributed by atoms with van der Waals surface area (Å²) in [4.78, 5) is 1.24. The number of thioether (sulfide) groups is 1. The first-order chi connectivity index (χ1) is 7.47. The van der Waals surface area contributed by atoms with E-state index in [-0.39, 0.29) is 12.0 Å². The molecule has 90 valence electrons. The van der Waals surface area contributed by atoms with Crippen molar-refractivity contribution in [3.8, 4) is 0 Å². The Labute approximate surface area is 103 Å². The quantitative estimate of drug-likeness (QED) is 0.804. The van der Waals surface area contributed by atoms with E-state index in [0.717, 1.165) is 6.42 Å². The second-order valence-electron chi connectivity index (χ2n) is 5.11. The van der Waals surface area contributed by atoms with Gasteiger partial charge in [0.1, 0.15) is 0 Å². The molecule has 0 aliphatic carbocycles. The normalized spacial score (nSPS) is 13.8. The molecular formula is C14H22OS. The maximum atomic E-state index is 9.15. The van der Waals surface area contributed by atoms with Gasteiger partial charge in [-0.3, -0.25) is 0 Å². The Morgan fingerprint density at radius 2 is 1.75 bits per heavy atom. The molecular weight excluding hydrogens is 216 g/mol. The molecule has 1 atom stereocenters. The standard InChI is InChI=1S/C14H22OS/c1-5-12(10-15)16-13-8-6-11(7-9-13)14(2,3)4/h6-9,12,15H,5,10H2,1-4H3. The van der Waals surface area contributed by atoms with Gasteiger partial charge in [-0.15, -0.1) is 11.8 Å². The zero-order valence-electron chi connectivity index (χ0n) is 10.7. The number of hydrogen-bond acceptors (Lipinski definition) is 2. The fraction of sp³-hybridized carbons (Fsp3) is 0.571. The molecule has 0 spiro atoms. The summed E-state index contributed by atoms with van der Waals surface area (Å²) in [6.07, 6.45) is 1.00. The van der Waals surface area contributed by atoms with Crippen LogP contribution in [0.2, 0.25) is 0 Å². The van der Waals surface area contributed by atoms with Crippen molar-refractivity contribution in [3.05, 3.63) is 29.8 Å². The average Bonchev–Trinajstić information content (AvgIpc) is 2.25. The van der Waals surface area contributed by atoms with Gasteiger partial charge in [-0.05, 0) is 29.5 Å². The summed E-state index contributed by atoms with van der Waals surface area (Å²) in [5, 5.41) is 9.47. The molecule has 0 saturated heterocycles. The summed E-state index contributed by atoms with van der Waals surface area (Å²) >= 11 is 1.76. The van der Waals surface area contributed by atoms with Crippen LogP contribution in [-0.2, 0) is 5.41 Å². The minimum Gasteiger partial charge on any atom is -0.395 e. The molecule has 1 rings (SSSR count). The lowest BCUT2D eigenvalue weighted by Gasteiger charge is -2.19. The van der Waals surface area contributed by atoms with Crippen molar-refractivity contribution in [1.29, 1.82) is 0 Å². The summed E-state index contributed by atoms with van der Waals surface area (Å²) in [5.74, 6) is 0. The molecule has 0 fully saturated rings. The monoisotopic (exact) mass is 238 g/mol. The zero-order chi connectivity index (χ0) is 12.2. The van der Waals surface area contributed by atoms with Gasteiger partial charge in [0.25, 0.3) is 0 Å². The molecule has 0 aliphatic rings. The lowest BCUT2D eigenvalue weighted by Crippen LogP contribution is -2.10. The van der Waals surface area contributed by atoms with E-state index in [2.05, 4.69) is 52.0 Å². The van der Waals surface area contributed by atoms with Gasteiger partial charge in [0.05, 0.1) is 6.61 Å². The number of rotatable bonds is 4. The Morgan fingerprint density at radius 1 is 1.19 bits per heavy atom. The van der Waals surface area contributed by atoms with Gasteiger partial charge in [-0.2, -0.15) is 0 Å². The lowest BCUT2D eigenvalue weighted by molar-refractivity contribution is 0.292. The molecule has 16 heavy (non-hydrogen) atoms. The second-order valence-corrected chi connectivity index (χ2v) is 6.48. The Hall–Kier alpha value is -0.470. The zero-order valence-corrected chi connectivity index (χ0v) is 11.5. The highest BCUT2D eigenvalue weighted by Gasteiger charge is 2.13. The maximum absolute atomic E-state index is 9.15. The number of benzene rings is 1. The number of aliphatic hydroxyl groups excluding tert-OH is 1. The summed E-state index contributed by atoms with van der Waals surface area (Å²) < 4.78 is 0. The Balaban J connectivity index is 2.72. The van der Waals surface area contributed by atoms with Gasteiger partial charge in [0, 0.05) is 10.1 Å².